The molecule has 198 valence electrons. The largest absolute Gasteiger partial charge is 0.872 e. The third kappa shape index (κ3) is 4.63. The lowest BCUT2D eigenvalue weighted by atomic mass is 9.77. The van der Waals surface area contributed by atoms with Gasteiger partial charge in [0.1, 0.15) is 18.3 Å². The molecule has 1 aromatic heterocycles. The number of imidazole rings is 1. The Kier molecular flexibility index (Phi) is 6.55. The van der Waals surface area contributed by atoms with Crippen LogP contribution in [0.2, 0.25) is 0 Å². The number of nitrogens with one attached hydrogen (secondary N) is 1. The van der Waals surface area contributed by atoms with Gasteiger partial charge in [-0.3, -0.25) is 5.32 Å². The van der Waals surface area contributed by atoms with Crippen molar-refractivity contribution in [2.75, 3.05) is 0 Å². The molecule has 0 spiro atoms. The predicted octanol–water partition coefficient (Wildman–Crippen LogP) is 6.87. The van der Waals surface area contributed by atoms with Crippen LogP contribution in [0.5, 0.6) is 5.75 Å². The molecule has 1 aliphatic heterocycles. The molecule has 1 unspecified atom stereocenters. The summed E-state index contributed by atoms with van der Waals surface area (Å²) >= 11 is 0. The molecule has 3 aromatic rings. The van der Waals surface area contributed by atoms with Gasteiger partial charge in [0.15, 0.2) is 5.69 Å². The Morgan fingerprint density at radius 3 is 2.24 bits per heavy atom. The highest BCUT2D eigenvalue weighted by molar-refractivity contribution is 5.60. The summed E-state index contributed by atoms with van der Waals surface area (Å²) in [5.41, 5.74) is 5.29. The lowest BCUT2D eigenvalue weighted by Crippen LogP contribution is -2.53. The molecule has 1 N–H and O–H groups in total. The highest BCUT2D eigenvalue weighted by Gasteiger charge is 2.46. The van der Waals surface area contributed by atoms with Crippen molar-refractivity contribution in [2.24, 2.45) is 0 Å². The van der Waals surface area contributed by atoms with Gasteiger partial charge in [-0.1, -0.05) is 96.2 Å². The van der Waals surface area contributed by atoms with Crippen LogP contribution in [-0.2, 0) is 10.8 Å². The van der Waals surface area contributed by atoms with E-state index in [1.54, 1.807) is 0 Å². The normalized spacial score (nSPS) is 22.1. The van der Waals surface area contributed by atoms with Gasteiger partial charge in [0, 0.05) is 11.6 Å². The number of hydrogen-bond acceptors (Lipinski definition) is 2. The first-order valence-electron chi connectivity index (χ1n) is 14.2. The summed E-state index contributed by atoms with van der Waals surface area (Å²) in [5.74, 6) is 1.41. The van der Waals surface area contributed by atoms with Crippen molar-refractivity contribution < 1.29 is 9.67 Å². The molecule has 2 heterocycles. The highest BCUT2D eigenvalue weighted by atomic mass is 16.3. The number of aromatic nitrogens is 2. The quantitative estimate of drug-likeness (QED) is 0.400. The van der Waals surface area contributed by atoms with Crippen LogP contribution in [-0.4, -0.2) is 10.6 Å². The van der Waals surface area contributed by atoms with Gasteiger partial charge in [-0.2, -0.15) is 0 Å². The van der Waals surface area contributed by atoms with Gasteiger partial charge in [0.2, 0.25) is 0 Å². The molecule has 0 bridgehead atoms. The topological polar surface area (TPSA) is 43.9 Å². The molecule has 4 nitrogen and oxygen atoms in total. The van der Waals surface area contributed by atoms with Crippen LogP contribution < -0.4 is 15.0 Å². The molecule has 1 aliphatic carbocycles. The Labute approximate surface area is 223 Å². The monoisotopic (exact) mass is 499 g/mol. The van der Waals surface area contributed by atoms with Crippen LogP contribution in [0.25, 0.3) is 11.3 Å². The summed E-state index contributed by atoms with van der Waals surface area (Å²) in [6.45, 7) is 17.7. The average Bonchev–Trinajstić information content (AvgIpc) is 3.24. The molecular formula is C33H45N3O. The summed E-state index contributed by atoms with van der Waals surface area (Å²) in [6.07, 6.45) is 7.14. The fraction of sp³-hybridized carbons (Fsp3) is 0.545. The van der Waals surface area contributed by atoms with Gasteiger partial charge in [0.25, 0.3) is 5.82 Å². The minimum absolute atomic E-state index is 0.0459. The molecule has 0 radical (unpaired) electrons. The molecule has 37 heavy (non-hydrogen) atoms. The van der Waals surface area contributed by atoms with E-state index in [1.165, 1.54) is 41.9 Å². The summed E-state index contributed by atoms with van der Waals surface area (Å²) in [4.78, 5) is 0. The Bertz CT molecular complexity index is 1270. The molecule has 5 rings (SSSR count). The molecule has 0 amide bonds. The average molecular weight is 500 g/mol. The van der Waals surface area contributed by atoms with Gasteiger partial charge in [-0.15, -0.1) is 0 Å². The van der Waals surface area contributed by atoms with Crippen molar-refractivity contribution in [3.8, 4) is 17.0 Å². The van der Waals surface area contributed by atoms with Crippen LogP contribution >= 0.6 is 0 Å². The van der Waals surface area contributed by atoms with Crippen LogP contribution in [0.15, 0.2) is 48.7 Å². The van der Waals surface area contributed by atoms with Crippen molar-refractivity contribution in [1.29, 1.82) is 0 Å². The maximum Gasteiger partial charge on any atom is 0.279 e. The minimum atomic E-state index is -0.222. The molecule has 4 heteroatoms. The molecule has 3 atom stereocenters. The summed E-state index contributed by atoms with van der Waals surface area (Å²) in [7, 11) is 0. The number of hydrogen-bond donors (Lipinski definition) is 1. The van der Waals surface area contributed by atoms with E-state index in [0.717, 1.165) is 17.5 Å². The van der Waals surface area contributed by atoms with E-state index < -0.39 is 0 Å². The molecular weight excluding hydrogens is 454 g/mol. The van der Waals surface area contributed by atoms with E-state index >= 15 is 0 Å². The third-order valence-corrected chi connectivity index (χ3v) is 8.46. The lowest BCUT2D eigenvalue weighted by molar-refractivity contribution is -0.724. The first-order valence-corrected chi connectivity index (χ1v) is 14.2. The Morgan fingerprint density at radius 2 is 1.62 bits per heavy atom. The maximum atomic E-state index is 14.3. The van der Waals surface area contributed by atoms with Crippen LogP contribution in [0.3, 0.4) is 0 Å². The lowest BCUT2D eigenvalue weighted by Gasteiger charge is -2.41. The van der Waals surface area contributed by atoms with Crippen molar-refractivity contribution in [2.45, 2.75) is 116 Å². The number of fused-ring (bicyclic) bond motifs is 3. The third-order valence-electron chi connectivity index (χ3n) is 8.46. The van der Waals surface area contributed by atoms with Crippen LogP contribution in [0.4, 0.5) is 0 Å². The Balaban J connectivity index is 1.81. The molecule has 1 saturated carbocycles. The zero-order valence-electron chi connectivity index (χ0n) is 24.1. The summed E-state index contributed by atoms with van der Waals surface area (Å²) in [6, 6.07) is 16.1. The summed E-state index contributed by atoms with van der Waals surface area (Å²) in [5, 5.41) is 18.3. The van der Waals surface area contributed by atoms with E-state index in [-0.39, 0.29) is 28.7 Å². The van der Waals surface area contributed by atoms with Crippen LogP contribution in [0.1, 0.15) is 122 Å². The minimum Gasteiger partial charge on any atom is -0.872 e. The van der Waals surface area contributed by atoms with Gasteiger partial charge in [-0.05, 0) is 60.6 Å². The Morgan fingerprint density at radius 1 is 0.946 bits per heavy atom. The zero-order valence-corrected chi connectivity index (χ0v) is 24.1. The zero-order chi connectivity index (χ0) is 26.7. The fourth-order valence-electron chi connectivity index (χ4n) is 6.37. The van der Waals surface area contributed by atoms with Gasteiger partial charge < -0.3 is 5.11 Å². The highest BCUT2D eigenvalue weighted by Crippen LogP contribution is 2.45. The van der Waals surface area contributed by atoms with Gasteiger partial charge in [0.05, 0.1) is 6.04 Å². The smallest absolute Gasteiger partial charge is 0.279 e. The predicted molar refractivity (Wildman–Crippen MR) is 150 cm³/mol. The van der Waals surface area contributed by atoms with Crippen LogP contribution in [0, 0.1) is 0 Å². The van der Waals surface area contributed by atoms with Gasteiger partial charge >= 0.3 is 0 Å². The molecule has 2 aromatic carbocycles. The van der Waals surface area contributed by atoms with Crippen molar-refractivity contribution in [1.82, 2.24) is 9.88 Å². The second-order valence-corrected chi connectivity index (χ2v) is 13.6. The summed E-state index contributed by atoms with van der Waals surface area (Å²) < 4.78 is 5.03. The van der Waals surface area contributed by atoms with E-state index in [9.17, 15) is 5.11 Å². The van der Waals surface area contributed by atoms with E-state index in [0.29, 0.717) is 12.1 Å². The fourth-order valence-corrected chi connectivity index (χ4v) is 6.37. The first kappa shape index (κ1) is 26.0. The van der Waals surface area contributed by atoms with E-state index in [4.69, 9.17) is 0 Å². The van der Waals surface area contributed by atoms with Crippen molar-refractivity contribution in [3.05, 3.63) is 71.2 Å². The molecule has 0 saturated heterocycles. The Hall–Kier alpha value is -2.59. The number of nitrogens with zero attached hydrogens (tertiary/aromatic N) is 2. The molecule has 1 fully saturated rings. The van der Waals surface area contributed by atoms with E-state index in [2.05, 4.69) is 119 Å². The van der Waals surface area contributed by atoms with E-state index in [1.807, 2.05) is 0 Å². The second-order valence-electron chi connectivity index (χ2n) is 13.6. The molecule has 2 aliphatic rings. The van der Waals surface area contributed by atoms with Crippen molar-refractivity contribution >= 4 is 0 Å². The maximum absolute atomic E-state index is 14.3. The number of rotatable bonds is 3. The standard InChI is InChI=1S/C33H45N3O/c1-21(2)35-20-28(22-14-10-9-11-15-22)36-27-17-13-12-16-26(27)34-29(31(35)36)24-18-23(32(3,4)5)19-25(30(24)37)33(6,7)8/h9-11,14-15,18-21,26-27,29,34H,12-13,16-17H2,1-8H3/t26-,27-,29?/m1/s1. The second kappa shape index (κ2) is 9.31. The first-order chi connectivity index (χ1) is 17.4. The van der Waals surface area contributed by atoms with Crippen molar-refractivity contribution in [3.63, 3.8) is 0 Å². The SMILES string of the molecule is CC(C)[n+]1cc(-c2ccccc2)n2c1C(c1cc(C(C)(C)C)cc(C(C)(C)C)c1[O-])N[C@@H]1CCCC[C@H]12. The number of benzene rings is 2. The van der Waals surface area contributed by atoms with Gasteiger partial charge in [-0.25, -0.2) is 9.13 Å².